The molecule has 4 nitrogen and oxygen atoms in total. The average molecular weight is 230 g/mol. The first kappa shape index (κ1) is 12.4. The van der Waals surface area contributed by atoms with Gasteiger partial charge in [-0.05, 0) is 25.6 Å². The van der Waals surface area contributed by atoms with E-state index in [-0.39, 0.29) is 0 Å². The Kier molecular flexibility index (Phi) is 5.53. The molecule has 0 saturated heterocycles. The van der Waals surface area contributed by atoms with Crippen molar-refractivity contribution in [1.29, 1.82) is 0 Å². The molecule has 0 fully saturated rings. The molecule has 1 aromatic heterocycles. The van der Waals surface area contributed by atoms with Crippen molar-refractivity contribution in [1.82, 2.24) is 15.1 Å². The molecule has 0 saturated carbocycles. The molecule has 0 N–H and O–H groups in total. The number of aromatic nitrogens is 2. The molecule has 5 heteroatoms. The van der Waals surface area contributed by atoms with Crippen LogP contribution in [-0.4, -0.2) is 42.4 Å². The average Bonchev–Trinajstić information content (AvgIpc) is 2.22. The van der Waals surface area contributed by atoms with Gasteiger partial charge in [0.05, 0.1) is 5.69 Å². The van der Waals surface area contributed by atoms with Crippen LogP contribution in [0.15, 0.2) is 12.1 Å². The summed E-state index contributed by atoms with van der Waals surface area (Å²) < 4.78 is 4.99. The Morgan fingerprint density at radius 2 is 2.20 bits per heavy atom. The lowest BCUT2D eigenvalue weighted by Gasteiger charge is -2.15. The Hall–Kier alpha value is -0.710. The van der Waals surface area contributed by atoms with E-state index in [9.17, 15) is 0 Å². The zero-order valence-electron chi connectivity index (χ0n) is 9.11. The van der Waals surface area contributed by atoms with E-state index in [2.05, 4.69) is 15.1 Å². The summed E-state index contributed by atoms with van der Waals surface area (Å²) in [4.78, 5) is 2.18. The van der Waals surface area contributed by atoms with E-state index in [1.165, 1.54) is 0 Å². The van der Waals surface area contributed by atoms with E-state index in [0.717, 1.165) is 31.8 Å². The SMILES string of the molecule is COCCCN(C)Cc1ccc(Cl)nn1. The van der Waals surface area contributed by atoms with Crippen LogP contribution < -0.4 is 0 Å². The second-order valence-electron chi connectivity index (χ2n) is 3.43. The van der Waals surface area contributed by atoms with E-state index in [0.29, 0.717) is 5.15 Å². The highest BCUT2D eigenvalue weighted by molar-refractivity contribution is 6.29. The molecule has 1 rings (SSSR count). The Morgan fingerprint density at radius 3 is 2.80 bits per heavy atom. The van der Waals surface area contributed by atoms with Crippen LogP contribution >= 0.6 is 11.6 Å². The maximum absolute atomic E-state index is 5.65. The van der Waals surface area contributed by atoms with Crippen molar-refractivity contribution in [3.8, 4) is 0 Å². The zero-order valence-corrected chi connectivity index (χ0v) is 9.87. The van der Waals surface area contributed by atoms with Gasteiger partial charge in [-0.25, -0.2) is 0 Å². The van der Waals surface area contributed by atoms with Crippen LogP contribution in [0.25, 0.3) is 0 Å². The van der Waals surface area contributed by atoms with Crippen molar-refractivity contribution in [2.75, 3.05) is 27.3 Å². The molecule has 0 amide bonds. The van der Waals surface area contributed by atoms with Gasteiger partial charge in [-0.1, -0.05) is 11.6 Å². The van der Waals surface area contributed by atoms with Gasteiger partial charge in [0.15, 0.2) is 5.15 Å². The lowest BCUT2D eigenvalue weighted by atomic mass is 10.3. The van der Waals surface area contributed by atoms with Gasteiger partial charge in [-0.3, -0.25) is 0 Å². The van der Waals surface area contributed by atoms with Gasteiger partial charge in [0.1, 0.15) is 0 Å². The molecule has 0 aliphatic heterocycles. The molecule has 0 spiro atoms. The normalized spacial score (nSPS) is 10.9. The molecular formula is C10H16ClN3O. The molecule has 1 heterocycles. The van der Waals surface area contributed by atoms with E-state index in [4.69, 9.17) is 16.3 Å². The Morgan fingerprint density at radius 1 is 1.40 bits per heavy atom. The molecule has 0 aliphatic rings. The number of hydrogen-bond acceptors (Lipinski definition) is 4. The number of halogens is 1. The maximum Gasteiger partial charge on any atom is 0.151 e. The number of methoxy groups -OCH3 is 1. The van der Waals surface area contributed by atoms with Crippen molar-refractivity contribution >= 4 is 11.6 Å². The standard InChI is InChI=1S/C10H16ClN3O/c1-14(6-3-7-15-2)8-9-4-5-10(11)13-12-9/h4-5H,3,6-8H2,1-2H3. The topological polar surface area (TPSA) is 38.2 Å². The fourth-order valence-electron chi connectivity index (χ4n) is 1.26. The van der Waals surface area contributed by atoms with Crippen molar-refractivity contribution in [2.24, 2.45) is 0 Å². The summed E-state index contributed by atoms with van der Waals surface area (Å²) in [6, 6.07) is 3.65. The van der Waals surface area contributed by atoms with Crippen LogP contribution in [0.2, 0.25) is 5.15 Å². The van der Waals surface area contributed by atoms with Gasteiger partial charge in [-0.2, -0.15) is 5.10 Å². The summed E-state index contributed by atoms with van der Waals surface area (Å²) in [7, 11) is 3.76. The van der Waals surface area contributed by atoms with E-state index < -0.39 is 0 Å². The van der Waals surface area contributed by atoms with Crippen molar-refractivity contribution < 1.29 is 4.74 Å². The van der Waals surface area contributed by atoms with Crippen molar-refractivity contribution in [3.63, 3.8) is 0 Å². The third-order valence-electron chi connectivity index (χ3n) is 2.01. The quantitative estimate of drug-likeness (QED) is 0.695. The molecule has 0 bridgehead atoms. The largest absolute Gasteiger partial charge is 0.385 e. The summed E-state index contributed by atoms with van der Waals surface area (Å²) in [5.74, 6) is 0. The first-order valence-corrected chi connectivity index (χ1v) is 5.25. The molecule has 0 aromatic carbocycles. The van der Waals surface area contributed by atoms with Crippen molar-refractivity contribution in [2.45, 2.75) is 13.0 Å². The first-order valence-electron chi connectivity index (χ1n) is 4.88. The summed E-state index contributed by atoms with van der Waals surface area (Å²) in [5, 5.41) is 8.22. The van der Waals surface area contributed by atoms with E-state index in [1.54, 1.807) is 13.2 Å². The second kappa shape index (κ2) is 6.71. The van der Waals surface area contributed by atoms with Crippen LogP contribution in [0.1, 0.15) is 12.1 Å². The van der Waals surface area contributed by atoms with Gasteiger partial charge in [0.25, 0.3) is 0 Å². The summed E-state index contributed by atoms with van der Waals surface area (Å²) >= 11 is 5.65. The zero-order chi connectivity index (χ0) is 11.1. The lowest BCUT2D eigenvalue weighted by Crippen LogP contribution is -2.20. The molecule has 1 aromatic rings. The van der Waals surface area contributed by atoms with Gasteiger partial charge < -0.3 is 9.64 Å². The molecular weight excluding hydrogens is 214 g/mol. The number of hydrogen-bond donors (Lipinski definition) is 0. The van der Waals surface area contributed by atoms with Gasteiger partial charge in [0, 0.05) is 26.8 Å². The molecule has 0 radical (unpaired) electrons. The highest BCUT2D eigenvalue weighted by Gasteiger charge is 2.01. The van der Waals surface area contributed by atoms with Crippen LogP contribution in [-0.2, 0) is 11.3 Å². The smallest absolute Gasteiger partial charge is 0.151 e. The summed E-state index contributed by atoms with van der Waals surface area (Å²) in [6.45, 7) is 2.56. The Balaban J connectivity index is 2.31. The van der Waals surface area contributed by atoms with Crippen molar-refractivity contribution in [3.05, 3.63) is 23.0 Å². The maximum atomic E-state index is 5.65. The van der Waals surface area contributed by atoms with E-state index in [1.807, 2.05) is 13.1 Å². The predicted molar refractivity (Wildman–Crippen MR) is 59.9 cm³/mol. The van der Waals surface area contributed by atoms with Gasteiger partial charge in [-0.15, -0.1) is 5.10 Å². The Labute approximate surface area is 95.2 Å². The third-order valence-corrected chi connectivity index (χ3v) is 2.21. The van der Waals surface area contributed by atoms with Crippen LogP contribution in [0, 0.1) is 0 Å². The van der Waals surface area contributed by atoms with Crippen LogP contribution in [0.3, 0.4) is 0 Å². The molecule has 0 aliphatic carbocycles. The minimum atomic E-state index is 0.431. The summed E-state index contributed by atoms with van der Waals surface area (Å²) in [5.41, 5.74) is 0.930. The number of rotatable bonds is 6. The minimum Gasteiger partial charge on any atom is -0.385 e. The predicted octanol–water partition coefficient (Wildman–Crippen LogP) is 1.60. The van der Waals surface area contributed by atoms with Crippen LogP contribution in [0.4, 0.5) is 0 Å². The first-order chi connectivity index (χ1) is 7.22. The number of ether oxygens (including phenoxy) is 1. The summed E-state index contributed by atoms with van der Waals surface area (Å²) in [6.07, 6.45) is 1.02. The second-order valence-corrected chi connectivity index (χ2v) is 3.82. The fourth-order valence-corrected chi connectivity index (χ4v) is 1.36. The highest BCUT2D eigenvalue weighted by Crippen LogP contribution is 2.04. The van der Waals surface area contributed by atoms with Gasteiger partial charge >= 0.3 is 0 Å². The fraction of sp³-hybridized carbons (Fsp3) is 0.600. The van der Waals surface area contributed by atoms with E-state index >= 15 is 0 Å². The van der Waals surface area contributed by atoms with Gasteiger partial charge in [0.2, 0.25) is 0 Å². The monoisotopic (exact) mass is 229 g/mol. The Bertz CT molecular complexity index is 279. The molecule has 0 unspecified atom stereocenters. The number of nitrogens with zero attached hydrogens (tertiary/aromatic N) is 3. The lowest BCUT2D eigenvalue weighted by molar-refractivity contribution is 0.177. The third kappa shape index (κ3) is 5.06. The highest BCUT2D eigenvalue weighted by atomic mass is 35.5. The molecule has 0 atom stereocenters. The minimum absolute atomic E-state index is 0.431. The van der Waals surface area contributed by atoms with Crippen LogP contribution in [0.5, 0.6) is 0 Å². The molecule has 15 heavy (non-hydrogen) atoms. The molecule has 84 valence electrons.